The van der Waals surface area contributed by atoms with Crippen molar-refractivity contribution in [2.45, 2.75) is 31.1 Å². The number of amides is 1. The summed E-state index contributed by atoms with van der Waals surface area (Å²) in [5, 5.41) is 10.5. The number of carbonyl (C=O) groups excluding carboxylic acids is 1. The Hall–Kier alpha value is -2.06. The van der Waals surface area contributed by atoms with Gasteiger partial charge in [0.05, 0.1) is 0 Å². The zero-order valence-corrected chi connectivity index (χ0v) is 15.7. The molecule has 1 aliphatic carbocycles. The molecule has 1 saturated heterocycles. The predicted octanol–water partition coefficient (Wildman–Crippen LogP) is 2.72. The molecule has 0 spiro atoms. The van der Waals surface area contributed by atoms with Gasteiger partial charge in [0.1, 0.15) is 11.6 Å². The highest BCUT2D eigenvalue weighted by molar-refractivity contribution is 5.93. The predicted molar refractivity (Wildman–Crippen MR) is 98.9 cm³/mol. The van der Waals surface area contributed by atoms with Crippen LogP contribution in [0, 0.1) is 17.6 Å². The minimum absolute atomic E-state index is 0. The molecule has 0 radical (unpaired) electrons. The second-order valence-corrected chi connectivity index (χ2v) is 7.05. The zero-order valence-electron chi connectivity index (χ0n) is 14.9. The summed E-state index contributed by atoms with van der Waals surface area (Å²) in [6, 6.07) is 3.50. The van der Waals surface area contributed by atoms with E-state index in [9.17, 15) is 13.6 Å². The lowest BCUT2D eigenvalue weighted by atomic mass is 9.98. The van der Waals surface area contributed by atoms with E-state index in [0.29, 0.717) is 23.9 Å². The first-order valence-electron chi connectivity index (χ1n) is 8.90. The minimum Gasteiger partial charge on any atom is -0.317 e. The summed E-state index contributed by atoms with van der Waals surface area (Å²) < 4.78 is 28.5. The van der Waals surface area contributed by atoms with Crippen LogP contribution in [-0.2, 0) is 11.8 Å². The van der Waals surface area contributed by atoms with Crippen molar-refractivity contribution in [1.29, 1.82) is 0 Å². The number of hydrogen-bond acceptors (Lipinski definition) is 4. The summed E-state index contributed by atoms with van der Waals surface area (Å²) in [6.07, 6.45) is 2.51. The Bertz CT molecular complexity index is 837. The van der Waals surface area contributed by atoms with Crippen molar-refractivity contribution in [3.05, 3.63) is 41.2 Å². The fourth-order valence-corrected chi connectivity index (χ4v) is 3.60. The maximum Gasteiger partial charge on any atom is 0.230 e. The number of anilines is 1. The van der Waals surface area contributed by atoms with Crippen LogP contribution in [0.2, 0.25) is 0 Å². The zero-order chi connectivity index (χ0) is 18.3. The molecule has 9 heteroatoms. The number of aryl methyl sites for hydroxylation is 1. The van der Waals surface area contributed by atoms with E-state index in [1.54, 1.807) is 11.7 Å². The molecule has 0 bridgehead atoms. The van der Waals surface area contributed by atoms with Crippen LogP contribution in [0.15, 0.2) is 18.2 Å². The van der Waals surface area contributed by atoms with Gasteiger partial charge < -0.3 is 5.32 Å². The molecule has 2 aliphatic rings. The number of nitrogens with zero attached hydrogens (tertiary/aromatic N) is 3. The van der Waals surface area contributed by atoms with Crippen LogP contribution in [0.5, 0.6) is 0 Å². The SMILES string of the molecule is Cl.Cn1nc(C2CCNCC2)nc1NC(=O)C1CC1c1ccc(F)cc1F. The normalized spacial score (nSPS) is 22.2. The molecule has 6 nitrogen and oxygen atoms in total. The number of piperidine rings is 1. The third-order valence-corrected chi connectivity index (χ3v) is 5.21. The number of aromatic nitrogens is 3. The van der Waals surface area contributed by atoms with Crippen molar-refractivity contribution in [3.63, 3.8) is 0 Å². The first-order chi connectivity index (χ1) is 12.5. The van der Waals surface area contributed by atoms with Gasteiger partial charge in [-0.05, 0) is 49.9 Å². The van der Waals surface area contributed by atoms with Gasteiger partial charge in [-0.25, -0.2) is 13.5 Å². The van der Waals surface area contributed by atoms with E-state index < -0.39 is 11.6 Å². The molecular formula is C18H22ClF2N5O. The van der Waals surface area contributed by atoms with Gasteiger partial charge in [0.2, 0.25) is 11.9 Å². The van der Waals surface area contributed by atoms with Gasteiger partial charge in [0.15, 0.2) is 5.82 Å². The molecular weight excluding hydrogens is 376 g/mol. The number of rotatable bonds is 4. The van der Waals surface area contributed by atoms with Crippen LogP contribution in [0.25, 0.3) is 0 Å². The van der Waals surface area contributed by atoms with Gasteiger partial charge in [0.25, 0.3) is 0 Å². The Labute approximate surface area is 162 Å². The smallest absolute Gasteiger partial charge is 0.230 e. The number of halogens is 3. The fraction of sp³-hybridized carbons (Fsp3) is 0.500. The first-order valence-corrected chi connectivity index (χ1v) is 8.90. The van der Waals surface area contributed by atoms with Crippen molar-refractivity contribution in [1.82, 2.24) is 20.1 Å². The lowest BCUT2D eigenvalue weighted by Gasteiger charge is -2.19. The fourth-order valence-electron chi connectivity index (χ4n) is 3.60. The first kappa shape index (κ1) is 19.7. The minimum atomic E-state index is -0.613. The summed E-state index contributed by atoms with van der Waals surface area (Å²) in [4.78, 5) is 17.0. The summed E-state index contributed by atoms with van der Waals surface area (Å²) in [7, 11) is 1.75. The standard InChI is InChI=1S/C18H21F2N5O.ClH/c1-25-18(22-16(24-25)10-4-6-21-7-5-10)23-17(26)14-9-13(14)12-3-2-11(19)8-15(12)20;/h2-3,8,10,13-14,21H,4-7,9H2,1H3,(H,22,23,24,26);1H. The van der Waals surface area contributed by atoms with Crippen molar-refractivity contribution in [3.8, 4) is 0 Å². The summed E-state index contributed by atoms with van der Waals surface area (Å²) in [5.74, 6) is -0.493. The number of carbonyl (C=O) groups is 1. The lowest BCUT2D eigenvalue weighted by molar-refractivity contribution is -0.117. The Morgan fingerprint density at radius 1 is 1.30 bits per heavy atom. The Morgan fingerprint density at radius 3 is 2.74 bits per heavy atom. The average molecular weight is 398 g/mol. The van der Waals surface area contributed by atoms with Crippen LogP contribution in [-0.4, -0.2) is 33.8 Å². The van der Waals surface area contributed by atoms with E-state index in [4.69, 9.17) is 0 Å². The second kappa shape index (κ2) is 7.90. The molecule has 2 fully saturated rings. The number of nitrogens with one attached hydrogen (secondary N) is 2. The molecule has 4 rings (SSSR count). The quantitative estimate of drug-likeness (QED) is 0.832. The molecule has 2 aromatic rings. The van der Waals surface area contributed by atoms with E-state index in [-0.39, 0.29) is 30.2 Å². The Kier molecular flexibility index (Phi) is 5.76. The molecule has 1 aliphatic heterocycles. The molecule has 1 amide bonds. The summed E-state index contributed by atoms with van der Waals surface area (Å²) >= 11 is 0. The number of hydrogen-bond donors (Lipinski definition) is 2. The van der Waals surface area contributed by atoms with Crippen LogP contribution in [0.3, 0.4) is 0 Å². The van der Waals surface area contributed by atoms with Crippen molar-refractivity contribution in [2.24, 2.45) is 13.0 Å². The monoisotopic (exact) mass is 397 g/mol. The van der Waals surface area contributed by atoms with Gasteiger partial charge in [-0.3, -0.25) is 10.1 Å². The van der Waals surface area contributed by atoms with Crippen molar-refractivity contribution in [2.75, 3.05) is 18.4 Å². The second-order valence-electron chi connectivity index (χ2n) is 7.05. The third kappa shape index (κ3) is 4.11. The highest BCUT2D eigenvalue weighted by Gasteiger charge is 2.45. The van der Waals surface area contributed by atoms with Gasteiger partial charge in [0, 0.05) is 24.9 Å². The maximum atomic E-state index is 13.9. The Balaban J connectivity index is 0.00000210. The van der Waals surface area contributed by atoms with Crippen molar-refractivity contribution < 1.29 is 13.6 Å². The van der Waals surface area contributed by atoms with E-state index in [2.05, 4.69) is 20.7 Å². The lowest BCUT2D eigenvalue weighted by Crippen LogP contribution is -2.27. The molecule has 1 saturated carbocycles. The van der Waals surface area contributed by atoms with Crippen LogP contribution in [0.1, 0.15) is 42.5 Å². The molecule has 1 aromatic carbocycles. The van der Waals surface area contributed by atoms with Gasteiger partial charge in [-0.2, -0.15) is 10.1 Å². The summed E-state index contributed by atoms with van der Waals surface area (Å²) in [6.45, 7) is 1.88. The van der Waals surface area contributed by atoms with Crippen LogP contribution < -0.4 is 10.6 Å². The highest BCUT2D eigenvalue weighted by Crippen LogP contribution is 2.48. The molecule has 2 unspecified atom stereocenters. The molecule has 2 N–H and O–H groups in total. The van der Waals surface area contributed by atoms with Gasteiger partial charge in [-0.1, -0.05) is 6.07 Å². The largest absolute Gasteiger partial charge is 0.317 e. The van der Waals surface area contributed by atoms with Crippen LogP contribution in [0.4, 0.5) is 14.7 Å². The van der Waals surface area contributed by atoms with E-state index >= 15 is 0 Å². The van der Waals surface area contributed by atoms with E-state index in [0.717, 1.165) is 37.8 Å². The number of benzene rings is 1. The Morgan fingerprint density at radius 2 is 2.04 bits per heavy atom. The molecule has 1 aromatic heterocycles. The average Bonchev–Trinajstić information content (AvgIpc) is 3.33. The van der Waals surface area contributed by atoms with E-state index in [1.807, 2.05) is 0 Å². The third-order valence-electron chi connectivity index (χ3n) is 5.21. The summed E-state index contributed by atoms with van der Waals surface area (Å²) in [5.41, 5.74) is 0.389. The topological polar surface area (TPSA) is 71.8 Å². The van der Waals surface area contributed by atoms with Crippen molar-refractivity contribution >= 4 is 24.3 Å². The van der Waals surface area contributed by atoms with E-state index in [1.165, 1.54) is 12.1 Å². The molecule has 146 valence electrons. The molecule has 2 heterocycles. The van der Waals surface area contributed by atoms with Gasteiger partial charge >= 0.3 is 0 Å². The maximum absolute atomic E-state index is 13.9. The molecule has 27 heavy (non-hydrogen) atoms. The van der Waals surface area contributed by atoms with Gasteiger partial charge in [-0.15, -0.1) is 12.4 Å². The molecule has 2 atom stereocenters. The highest BCUT2D eigenvalue weighted by atomic mass is 35.5. The van der Waals surface area contributed by atoms with Crippen LogP contribution >= 0.6 is 12.4 Å².